The lowest BCUT2D eigenvalue weighted by Gasteiger charge is -2.07. The van der Waals surface area contributed by atoms with Crippen LogP contribution in [0, 0.1) is 0 Å². The van der Waals surface area contributed by atoms with Crippen LogP contribution in [0.15, 0.2) is 34.7 Å². The highest BCUT2D eigenvalue weighted by Gasteiger charge is 2.04. The van der Waals surface area contributed by atoms with Crippen LogP contribution in [0.3, 0.4) is 0 Å². The van der Waals surface area contributed by atoms with Gasteiger partial charge in [0.1, 0.15) is 17.3 Å². The molecule has 5 heteroatoms. The van der Waals surface area contributed by atoms with E-state index < -0.39 is 0 Å². The quantitative estimate of drug-likeness (QED) is 0.856. The summed E-state index contributed by atoms with van der Waals surface area (Å²) in [6.45, 7) is 0.636. The zero-order valence-electron chi connectivity index (χ0n) is 10.9. The van der Waals surface area contributed by atoms with Crippen molar-refractivity contribution in [2.45, 2.75) is 12.3 Å². The number of hydrogen-bond donors (Lipinski definition) is 1. The van der Waals surface area contributed by atoms with E-state index in [4.69, 9.17) is 20.8 Å². The molecule has 19 heavy (non-hydrogen) atoms. The summed E-state index contributed by atoms with van der Waals surface area (Å²) < 4.78 is 10.8. The molecule has 0 amide bonds. The van der Waals surface area contributed by atoms with Gasteiger partial charge in [-0.2, -0.15) is 11.8 Å². The lowest BCUT2D eigenvalue weighted by molar-refractivity contribution is 0.415. The molecule has 0 fully saturated rings. The fourth-order valence-electron chi connectivity index (χ4n) is 1.70. The van der Waals surface area contributed by atoms with Gasteiger partial charge in [-0.15, -0.1) is 0 Å². The van der Waals surface area contributed by atoms with E-state index in [9.17, 15) is 0 Å². The lowest BCUT2D eigenvalue weighted by atomic mass is 10.3. The molecule has 0 spiro atoms. The molecule has 2 rings (SSSR count). The van der Waals surface area contributed by atoms with Crippen molar-refractivity contribution in [2.75, 3.05) is 18.7 Å². The number of nitrogens with one attached hydrogen (secondary N) is 1. The zero-order valence-corrected chi connectivity index (χ0v) is 12.5. The fourth-order valence-corrected chi connectivity index (χ4v) is 2.40. The van der Waals surface area contributed by atoms with Gasteiger partial charge in [0.15, 0.2) is 0 Å². The van der Waals surface area contributed by atoms with Crippen molar-refractivity contribution in [3.63, 3.8) is 0 Å². The van der Waals surface area contributed by atoms with Crippen LogP contribution in [0.2, 0.25) is 5.02 Å². The molecule has 0 aliphatic rings. The Morgan fingerprint density at radius 2 is 2.05 bits per heavy atom. The van der Waals surface area contributed by atoms with Gasteiger partial charge in [-0.25, -0.2) is 0 Å². The molecule has 1 N–H and O–H groups in total. The van der Waals surface area contributed by atoms with Crippen LogP contribution in [-0.2, 0) is 12.3 Å². The number of rotatable bonds is 6. The minimum Gasteiger partial charge on any atom is -0.495 e. The maximum atomic E-state index is 6.07. The Morgan fingerprint density at radius 3 is 2.74 bits per heavy atom. The van der Waals surface area contributed by atoms with Crippen molar-refractivity contribution >= 4 is 29.1 Å². The molecule has 0 aliphatic heterocycles. The molecule has 2 aromatic rings. The van der Waals surface area contributed by atoms with Crippen LogP contribution in [-0.4, -0.2) is 13.4 Å². The molecule has 0 aliphatic carbocycles. The Labute approximate surface area is 122 Å². The topological polar surface area (TPSA) is 34.4 Å². The van der Waals surface area contributed by atoms with Crippen LogP contribution < -0.4 is 10.1 Å². The van der Waals surface area contributed by atoms with Gasteiger partial charge in [-0.3, -0.25) is 0 Å². The van der Waals surface area contributed by atoms with E-state index in [0.717, 1.165) is 23.0 Å². The van der Waals surface area contributed by atoms with Gasteiger partial charge in [-0.1, -0.05) is 11.6 Å². The first-order valence-electron chi connectivity index (χ1n) is 5.87. The Balaban J connectivity index is 1.95. The van der Waals surface area contributed by atoms with E-state index in [1.54, 1.807) is 18.9 Å². The number of hydrogen-bond acceptors (Lipinski definition) is 4. The van der Waals surface area contributed by atoms with Gasteiger partial charge in [0.2, 0.25) is 0 Å². The van der Waals surface area contributed by atoms with Crippen molar-refractivity contribution in [1.29, 1.82) is 0 Å². The van der Waals surface area contributed by atoms with E-state index >= 15 is 0 Å². The molecule has 1 heterocycles. The smallest absolute Gasteiger partial charge is 0.137 e. The SMILES string of the molecule is COc1ccc(NCc2ccc(CSC)o2)cc1Cl. The van der Waals surface area contributed by atoms with Crippen LogP contribution in [0.5, 0.6) is 5.75 Å². The van der Waals surface area contributed by atoms with Crippen LogP contribution in [0.1, 0.15) is 11.5 Å². The third-order valence-corrected chi connectivity index (χ3v) is 3.49. The van der Waals surface area contributed by atoms with Gasteiger partial charge < -0.3 is 14.5 Å². The number of benzene rings is 1. The van der Waals surface area contributed by atoms with E-state index in [2.05, 4.69) is 11.6 Å². The Hall–Kier alpha value is -1.26. The van der Waals surface area contributed by atoms with Crippen molar-refractivity contribution in [2.24, 2.45) is 0 Å². The molecule has 0 radical (unpaired) electrons. The predicted molar refractivity (Wildman–Crippen MR) is 81.3 cm³/mol. The molecular weight excluding hydrogens is 282 g/mol. The van der Waals surface area contributed by atoms with Crippen LogP contribution in [0.25, 0.3) is 0 Å². The van der Waals surface area contributed by atoms with E-state index in [0.29, 0.717) is 17.3 Å². The first-order chi connectivity index (χ1) is 9.22. The average Bonchev–Trinajstić information content (AvgIpc) is 2.85. The van der Waals surface area contributed by atoms with Gasteiger partial charge in [-0.05, 0) is 36.6 Å². The number of ether oxygens (including phenoxy) is 1. The fraction of sp³-hybridized carbons (Fsp3) is 0.286. The summed E-state index contributed by atoms with van der Waals surface area (Å²) in [5.74, 6) is 3.48. The molecule has 1 aromatic heterocycles. The highest BCUT2D eigenvalue weighted by atomic mass is 35.5. The number of halogens is 1. The molecular formula is C14H16ClNO2S. The second kappa shape index (κ2) is 6.78. The van der Waals surface area contributed by atoms with Gasteiger partial charge in [0.25, 0.3) is 0 Å². The van der Waals surface area contributed by atoms with E-state index in [1.165, 1.54) is 0 Å². The second-order valence-electron chi connectivity index (χ2n) is 4.00. The number of thioether (sulfide) groups is 1. The summed E-state index contributed by atoms with van der Waals surface area (Å²) in [5, 5.41) is 3.86. The monoisotopic (exact) mass is 297 g/mol. The zero-order chi connectivity index (χ0) is 13.7. The number of anilines is 1. The van der Waals surface area contributed by atoms with Crippen molar-refractivity contribution < 1.29 is 9.15 Å². The van der Waals surface area contributed by atoms with Crippen LogP contribution >= 0.6 is 23.4 Å². The first kappa shape index (κ1) is 14.2. The number of furan rings is 1. The van der Waals surface area contributed by atoms with Crippen LogP contribution in [0.4, 0.5) is 5.69 Å². The third kappa shape index (κ3) is 3.85. The summed E-state index contributed by atoms with van der Waals surface area (Å²) in [7, 11) is 1.60. The maximum absolute atomic E-state index is 6.07. The Bertz CT molecular complexity index is 542. The lowest BCUT2D eigenvalue weighted by Crippen LogP contribution is -1.98. The van der Waals surface area contributed by atoms with Gasteiger partial charge in [0.05, 0.1) is 24.4 Å². The van der Waals surface area contributed by atoms with E-state index in [-0.39, 0.29) is 0 Å². The molecule has 0 atom stereocenters. The summed E-state index contributed by atoms with van der Waals surface area (Å²) in [4.78, 5) is 0. The maximum Gasteiger partial charge on any atom is 0.137 e. The summed E-state index contributed by atoms with van der Waals surface area (Å²) in [6, 6.07) is 9.60. The summed E-state index contributed by atoms with van der Waals surface area (Å²) in [5.41, 5.74) is 0.939. The first-order valence-corrected chi connectivity index (χ1v) is 7.64. The van der Waals surface area contributed by atoms with Crippen molar-refractivity contribution in [1.82, 2.24) is 0 Å². The minimum absolute atomic E-state index is 0.593. The predicted octanol–water partition coefficient (Wildman–Crippen LogP) is 4.42. The molecule has 1 aromatic carbocycles. The molecule has 0 saturated carbocycles. The average molecular weight is 298 g/mol. The third-order valence-electron chi connectivity index (χ3n) is 2.62. The Kier molecular flexibility index (Phi) is 5.05. The van der Waals surface area contributed by atoms with Gasteiger partial charge >= 0.3 is 0 Å². The Morgan fingerprint density at radius 1 is 1.26 bits per heavy atom. The second-order valence-corrected chi connectivity index (χ2v) is 5.28. The van der Waals surface area contributed by atoms with E-state index in [1.807, 2.05) is 30.3 Å². The van der Waals surface area contributed by atoms with Crippen molar-refractivity contribution in [3.8, 4) is 5.75 Å². The molecule has 102 valence electrons. The molecule has 0 unspecified atom stereocenters. The van der Waals surface area contributed by atoms with Crippen molar-refractivity contribution in [3.05, 3.63) is 46.9 Å². The highest BCUT2D eigenvalue weighted by molar-refractivity contribution is 7.97. The normalized spacial score (nSPS) is 10.5. The molecule has 0 bridgehead atoms. The molecule has 0 saturated heterocycles. The number of methoxy groups -OCH3 is 1. The summed E-state index contributed by atoms with van der Waals surface area (Å²) >= 11 is 7.81. The molecule has 3 nitrogen and oxygen atoms in total. The summed E-state index contributed by atoms with van der Waals surface area (Å²) in [6.07, 6.45) is 2.06. The minimum atomic E-state index is 0.593. The largest absolute Gasteiger partial charge is 0.495 e. The van der Waals surface area contributed by atoms with Gasteiger partial charge in [0, 0.05) is 5.69 Å². The highest BCUT2D eigenvalue weighted by Crippen LogP contribution is 2.27. The standard InChI is InChI=1S/C14H16ClNO2S/c1-17-14-6-3-10(7-13(14)15)16-8-11-4-5-12(18-11)9-19-2/h3-7,16H,8-9H2,1-2H3.